The van der Waals surface area contributed by atoms with Crippen molar-refractivity contribution in [3.63, 3.8) is 0 Å². The molecule has 1 aliphatic rings. The van der Waals surface area contributed by atoms with Crippen LogP contribution in [0.1, 0.15) is 18.4 Å². The Morgan fingerprint density at radius 1 is 1.29 bits per heavy atom. The number of carbonyl (C=O) groups excluding carboxylic acids is 2. The number of carbonyl (C=O) groups is 2. The molecule has 1 atom stereocenters. The zero-order valence-corrected chi connectivity index (χ0v) is 20.6. The van der Waals surface area contributed by atoms with Gasteiger partial charge in [-0.25, -0.2) is 9.18 Å². The van der Waals surface area contributed by atoms with E-state index < -0.39 is 17.7 Å². The van der Waals surface area contributed by atoms with Gasteiger partial charge >= 0.3 is 5.97 Å². The molecule has 0 unspecified atom stereocenters. The van der Waals surface area contributed by atoms with E-state index >= 15 is 0 Å². The Hall–Kier alpha value is -3.35. The van der Waals surface area contributed by atoms with Gasteiger partial charge in [-0.1, -0.05) is 58.5 Å². The summed E-state index contributed by atoms with van der Waals surface area (Å²) in [6.07, 6.45) is 1.43. The smallest absolute Gasteiger partial charge is 0.337 e. The van der Waals surface area contributed by atoms with Gasteiger partial charge in [0.25, 0.3) is 0 Å². The number of nitrogens with zero attached hydrogens (tertiary/aromatic N) is 1. The monoisotopic (exact) mass is 541 g/mol. The van der Waals surface area contributed by atoms with Crippen molar-refractivity contribution in [2.75, 3.05) is 17.7 Å². The number of nitrogens with one attached hydrogen (secondary N) is 2. The fourth-order valence-corrected chi connectivity index (χ4v) is 4.55. The van der Waals surface area contributed by atoms with Crippen molar-refractivity contribution in [2.45, 2.75) is 12.8 Å². The number of amides is 1. The molecule has 0 saturated heterocycles. The van der Waals surface area contributed by atoms with Crippen LogP contribution >= 0.6 is 27.7 Å². The lowest BCUT2D eigenvalue weighted by molar-refractivity contribution is -0.138. The molecule has 0 spiro atoms. The number of anilines is 1. The van der Waals surface area contributed by atoms with Crippen LogP contribution in [-0.4, -0.2) is 24.2 Å². The fraction of sp³-hybridized carbons (Fsp3) is 0.160. The highest BCUT2D eigenvalue weighted by molar-refractivity contribution is 9.10. The summed E-state index contributed by atoms with van der Waals surface area (Å²) < 4.78 is 20.9. The van der Waals surface area contributed by atoms with Crippen molar-refractivity contribution in [1.82, 2.24) is 5.32 Å². The molecular weight excluding hydrogens is 521 g/mol. The van der Waals surface area contributed by atoms with Crippen molar-refractivity contribution >= 4 is 45.3 Å². The lowest BCUT2D eigenvalue weighted by Crippen LogP contribution is -2.30. The summed E-state index contributed by atoms with van der Waals surface area (Å²) in [6.45, 7) is 5.16. The van der Waals surface area contributed by atoms with Gasteiger partial charge in [-0.15, -0.1) is 0 Å². The molecule has 0 radical (unpaired) electrons. The van der Waals surface area contributed by atoms with Gasteiger partial charge in [0.15, 0.2) is 0 Å². The topological polar surface area (TPSA) is 91.2 Å². The number of thioether (sulfide) groups is 1. The summed E-state index contributed by atoms with van der Waals surface area (Å²) in [5.74, 6) is -2.50. The lowest BCUT2D eigenvalue weighted by Gasteiger charge is -2.29. The van der Waals surface area contributed by atoms with Crippen LogP contribution in [0.4, 0.5) is 10.1 Å². The number of halogens is 2. The molecule has 0 aliphatic carbocycles. The van der Waals surface area contributed by atoms with E-state index in [1.54, 1.807) is 25.1 Å². The van der Waals surface area contributed by atoms with Crippen LogP contribution in [0.25, 0.3) is 0 Å². The van der Waals surface area contributed by atoms with E-state index in [4.69, 9.17) is 4.74 Å². The molecule has 1 amide bonds. The van der Waals surface area contributed by atoms with Crippen LogP contribution in [0.5, 0.6) is 0 Å². The van der Waals surface area contributed by atoms with E-state index in [1.165, 1.54) is 24.3 Å². The van der Waals surface area contributed by atoms with E-state index in [-0.39, 0.29) is 35.0 Å². The molecule has 34 heavy (non-hydrogen) atoms. The minimum atomic E-state index is -0.984. The van der Waals surface area contributed by atoms with Crippen LogP contribution in [-0.2, 0) is 14.3 Å². The third kappa shape index (κ3) is 5.95. The number of allylic oxidation sites excluding steroid dienone is 2. The fourth-order valence-electron chi connectivity index (χ4n) is 3.40. The molecule has 0 fully saturated rings. The van der Waals surface area contributed by atoms with Crippen LogP contribution in [0.15, 0.2) is 87.5 Å². The second-order valence-electron chi connectivity index (χ2n) is 7.20. The van der Waals surface area contributed by atoms with Crippen LogP contribution < -0.4 is 10.6 Å². The van der Waals surface area contributed by atoms with Crippen molar-refractivity contribution in [3.8, 4) is 6.07 Å². The normalized spacial score (nSPS) is 15.3. The lowest BCUT2D eigenvalue weighted by atomic mass is 9.82. The van der Waals surface area contributed by atoms with Crippen molar-refractivity contribution in [3.05, 3.63) is 98.9 Å². The SMILES string of the molecule is C=CCOC(=O)C1=C(C)NC(SCC(=O)Nc2ccc(Br)cc2)=C(C#N)[C@@H]1c1ccccc1F. The summed E-state index contributed by atoms with van der Waals surface area (Å²) >= 11 is 4.44. The predicted octanol–water partition coefficient (Wildman–Crippen LogP) is 5.39. The van der Waals surface area contributed by atoms with Gasteiger partial charge in [-0.05, 0) is 37.3 Å². The maximum atomic E-state index is 14.8. The molecule has 1 aliphatic heterocycles. The number of ether oxygens (including phenoxy) is 1. The van der Waals surface area contributed by atoms with Gasteiger partial charge in [0.1, 0.15) is 12.4 Å². The highest BCUT2D eigenvalue weighted by Crippen LogP contribution is 2.41. The molecule has 6 nitrogen and oxygen atoms in total. The first kappa shape index (κ1) is 25.3. The molecule has 0 saturated carbocycles. The molecule has 9 heteroatoms. The average molecular weight is 542 g/mol. The first-order valence-corrected chi connectivity index (χ1v) is 12.0. The first-order valence-electron chi connectivity index (χ1n) is 10.2. The van der Waals surface area contributed by atoms with Crippen molar-refractivity contribution in [2.24, 2.45) is 0 Å². The summed E-state index contributed by atoms with van der Waals surface area (Å²) in [5.41, 5.74) is 1.47. The minimum Gasteiger partial charge on any atom is -0.458 e. The summed E-state index contributed by atoms with van der Waals surface area (Å²) in [7, 11) is 0. The third-order valence-corrected chi connectivity index (χ3v) is 6.44. The average Bonchev–Trinajstić information content (AvgIpc) is 2.82. The minimum absolute atomic E-state index is 0.00288. The number of hydrogen-bond donors (Lipinski definition) is 2. The molecule has 0 aromatic heterocycles. The van der Waals surface area contributed by atoms with Gasteiger partial charge < -0.3 is 15.4 Å². The van der Waals surface area contributed by atoms with Gasteiger partial charge in [-0.3, -0.25) is 4.79 Å². The number of esters is 1. The highest BCUT2D eigenvalue weighted by atomic mass is 79.9. The highest BCUT2D eigenvalue weighted by Gasteiger charge is 2.37. The Kier molecular flexibility index (Phi) is 8.68. The molecule has 0 bridgehead atoms. The quantitative estimate of drug-likeness (QED) is 0.344. The molecule has 2 aromatic rings. The molecular formula is C25H21BrFN3O3S. The Bertz CT molecular complexity index is 1220. The molecule has 2 N–H and O–H groups in total. The second kappa shape index (κ2) is 11.7. The van der Waals surface area contributed by atoms with E-state index in [9.17, 15) is 19.2 Å². The zero-order chi connectivity index (χ0) is 24.7. The second-order valence-corrected chi connectivity index (χ2v) is 9.10. The Labute approximate surface area is 209 Å². The molecule has 174 valence electrons. The van der Waals surface area contributed by atoms with Crippen LogP contribution in [0, 0.1) is 17.1 Å². The van der Waals surface area contributed by atoms with Gasteiger partial charge in [0.2, 0.25) is 5.91 Å². The van der Waals surface area contributed by atoms with Gasteiger partial charge in [0, 0.05) is 21.4 Å². The number of hydrogen-bond acceptors (Lipinski definition) is 6. The standard InChI is InChI=1S/C25H21BrFN3O3S/c1-3-12-33-25(32)22-15(2)29-24(19(13-28)23(22)18-6-4-5-7-20(18)27)34-14-21(31)30-17-10-8-16(26)9-11-17/h3-11,23,29H,1,12,14H2,2H3,(H,30,31)/t23-/m0/s1. The zero-order valence-electron chi connectivity index (χ0n) is 18.2. The Morgan fingerprint density at radius 2 is 2.00 bits per heavy atom. The Morgan fingerprint density at radius 3 is 2.65 bits per heavy atom. The maximum absolute atomic E-state index is 14.8. The largest absolute Gasteiger partial charge is 0.458 e. The van der Waals surface area contributed by atoms with E-state index in [1.807, 2.05) is 12.1 Å². The van der Waals surface area contributed by atoms with Crippen LogP contribution in [0.2, 0.25) is 0 Å². The van der Waals surface area contributed by atoms with E-state index in [0.29, 0.717) is 16.4 Å². The predicted molar refractivity (Wildman–Crippen MR) is 134 cm³/mol. The molecule has 3 rings (SSSR count). The molecule has 2 aromatic carbocycles. The summed E-state index contributed by atoms with van der Waals surface area (Å²) in [6, 6.07) is 15.2. The summed E-state index contributed by atoms with van der Waals surface area (Å²) in [4.78, 5) is 25.3. The van der Waals surface area contributed by atoms with Gasteiger partial charge in [-0.2, -0.15) is 5.26 Å². The summed E-state index contributed by atoms with van der Waals surface area (Å²) in [5, 5.41) is 16.2. The van der Waals surface area contributed by atoms with E-state index in [0.717, 1.165) is 16.2 Å². The van der Waals surface area contributed by atoms with Crippen molar-refractivity contribution in [1.29, 1.82) is 5.26 Å². The Balaban J connectivity index is 1.91. The maximum Gasteiger partial charge on any atom is 0.337 e. The van der Waals surface area contributed by atoms with Gasteiger partial charge in [0.05, 0.1) is 33.9 Å². The molecule has 1 heterocycles. The number of nitriles is 1. The number of rotatable bonds is 8. The van der Waals surface area contributed by atoms with E-state index in [2.05, 4.69) is 39.2 Å². The van der Waals surface area contributed by atoms with Crippen molar-refractivity contribution < 1.29 is 18.7 Å². The number of dihydropyridines is 1. The third-order valence-electron chi connectivity index (χ3n) is 4.89. The number of benzene rings is 2. The first-order chi connectivity index (χ1) is 16.3. The van der Waals surface area contributed by atoms with Crippen LogP contribution in [0.3, 0.4) is 0 Å².